The van der Waals surface area contributed by atoms with Crippen molar-refractivity contribution in [2.75, 3.05) is 0 Å². The lowest BCUT2D eigenvalue weighted by atomic mass is 10.1. The lowest BCUT2D eigenvalue weighted by molar-refractivity contribution is 0.0466. The molecule has 24 heavy (non-hydrogen) atoms. The highest BCUT2D eigenvalue weighted by molar-refractivity contribution is 5.90. The number of aromatic nitrogens is 1. The first-order chi connectivity index (χ1) is 11.7. The van der Waals surface area contributed by atoms with Gasteiger partial charge in [0.05, 0.1) is 5.56 Å². The zero-order valence-corrected chi connectivity index (χ0v) is 13.1. The summed E-state index contributed by atoms with van der Waals surface area (Å²) in [6, 6.07) is 15.8. The minimum atomic E-state index is -0.476. The normalized spacial score (nSPS) is 10.4. The number of hydrogen-bond donors (Lipinski definition) is 0. The number of oxazole rings is 1. The van der Waals surface area contributed by atoms with Gasteiger partial charge in [0.25, 0.3) is 0 Å². The number of aryl methyl sites for hydroxylation is 1. The summed E-state index contributed by atoms with van der Waals surface area (Å²) in [5.74, 6) is 0.628. The number of benzene rings is 2. The second-order valence-electron chi connectivity index (χ2n) is 5.20. The lowest BCUT2D eigenvalue weighted by Crippen LogP contribution is -2.06. The van der Waals surface area contributed by atoms with Gasteiger partial charge in [-0.25, -0.2) is 9.78 Å². The molecule has 0 atom stereocenters. The molecule has 0 saturated heterocycles. The highest BCUT2D eigenvalue weighted by atomic mass is 16.5. The summed E-state index contributed by atoms with van der Waals surface area (Å²) in [6.45, 7) is 1.80. The van der Waals surface area contributed by atoms with Crippen LogP contribution in [0.2, 0.25) is 0 Å². The quantitative estimate of drug-likeness (QED) is 0.528. The molecule has 0 aliphatic heterocycles. The lowest BCUT2D eigenvalue weighted by Gasteiger charge is -2.03. The molecule has 0 aliphatic rings. The molecule has 0 saturated carbocycles. The molecule has 5 nitrogen and oxygen atoms in total. The van der Waals surface area contributed by atoms with E-state index in [1.54, 1.807) is 31.2 Å². The Balaban J connectivity index is 1.69. The van der Waals surface area contributed by atoms with Gasteiger partial charge in [0.1, 0.15) is 24.3 Å². The van der Waals surface area contributed by atoms with E-state index in [0.29, 0.717) is 28.5 Å². The van der Waals surface area contributed by atoms with Crippen LogP contribution in [0.25, 0.3) is 11.5 Å². The molecule has 1 aromatic heterocycles. The summed E-state index contributed by atoms with van der Waals surface area (Å²) in [5.41, 5.74) is 2.32. The predicted octanol–water partition coefficient (Wildman–Crippen LogP) is 3.82. The Hall–Kier alpha value is -3.21. The molecule has 0 N–H and O–H groups in total. The van der Waals surface area contributed by atoms with Crippen molar-refractivity contribution in [1.29, 1.82) is 0 Å². The van der Waals surface area contributed by atoms with Crippen LogP contribution < -0.4 is 0 Å². The standard InChI is InChI=1S/C19H15NO4/c1-13-17(20-18(24-13)15-5-3-2-4-6-15)12-23-19(22)16-9-7-14(11-21)8-10-16/h2-11H,12H2,1H3. The monoisotopic (exact) mass is 321 g/mol. The Morgan fingerprint density at radius 2 is 1.83 bits per heavy atom. The topological polar surface area (TPSA) is 69.4 Å². The summed E-state index contributed by atoms with van der Waals surface area (Å²) in [6.07, 6.45) is 0.721. The number of esters is 1. The maximum absolute atomic E-state index is 12.0. The third-order valence-corrected chi connectivity index (χ3v) is 3.54. The van der Waals surface area contributed by atoms with E-state index in [0.717, 1.165) is 11.8 Å². The number of hydrogen-bond acceptors (Lipinski definition) is 5. The summed E-state index contributed by atoms with van der Waals surface area (Å²) in [5, 5.41) is 0. The molecule has 0 aliphatic carbocycles. The fourth-order valence-corrected chi connectivity index (χ4v) is 2.18. The third kappa shape index (κ3) is 3.41. The SMILES string of the molecule is Cc1oc(-c2ccccc2)nc1COC(=O)c1ccc(C=O)cc1. The first-order valence-corrected chi connectivity index (χ1v) is 7.41. The van der Waals surface area contributed by atoms with Crippen molar-refractivity contribution in [3.05, 3.63) is 77.2 Å². The van der Waals surface area contributed by atoms with E-state index in [2.05, 4.69) is 4.98 Å². The second-order valence-corrected chi connectivity index (χ2v) is 5.20. The average Bonchev–Trinajstić information content (AvgIpc) is 3.01. The summed E-state index contributed by atoms with van der Waals surface area (Å²) >= 11 is 0. The Morgan fingerprint density at radius 1 is 1.12 bits per heavy atom. The molecule has 3 aromatic rings. The highest BCUT2D eigenvalue weighted by Crippen LogP contribution is 2.22. The molecule has 0 fully saturated rings. The predicted molar refractivity (Wildman–Crippen MR) is 87.6 cm³/mol. The van der Waals surface area contributed by atoms with Crippen LogP contribution in [-0.2, 0) is 11.3 Å². The van der Waals surface area contributed by atoms with Gasteiger partial charge < -0.3 is 9.15 Å². The Bertz CT molecular complexity index is 851. The third-order valence-electron chi connectivity index (χ3n) is 3.54. The fraction of sp³-hybridized carbons (Fsp3) is 0.105. The number of carbonyl (C=O) groups excluding carboxylic acids is 2. The van der Waals surface area contributed by atoms with Crippen LogP contribution in [-0.4, -0.2) is 17.2 Å². The van der Waals surface area contributed by atoms with Crippen molar-refractivity contribution in [3.63, 3.8) is 0 Å². The maximum Gasteiger partial charge on any atom is 0.338 e. The van der Waals surface area contributed by atoms with E-state index >= 15 is 0 Å². The molecular formula is C19H15NO4. The largest absolute Gasteiger partial charge is 0.455 e. The van der Waals surface area contributed by atoms with Gasteiger partial charge in [-0.1, -0.05) is 30.3 Å². The van der Waals surface area contributed by atoms with Crippen LogP contribution in [0.5, 0.6) is 0 Å². The first-order valence-electron chi connectivity index (χ1n) is 7.41. The van der Waals surface area contributed by atoms with Crippen LogP contribution in [0, 0.1) is 6.92 Å². The number of carbonyl (C=O) groups is 2. The molecule has 1 heterocycles. The molecule has 0 radical (unpaired) electrons. The van der Waals surface area contributed by atoms with Gasteiger partial charge in [-0.3, -0.25) is 4.79 Å². The van der Waals surface area contributed by atoms with Crippen LogP contribution in [0.4, 0.5) is 0 Å². The molecule has 2 aromatic carbocycles. The van der Waals surface area contributed by atoms with Gasteiger partial charge in [0, 0.05) is 11.1 Å². The van der Waals surface area contributed by atoms with Crippen molar-refractivity contribution in [1.82, 2.24) is 4.98 Å². The number of aldehydes is 1. The van der Waals surface area contributed by atoms with E-state index in [1.165, 1.54) is 0 Å². The van der Waals surface area contributed by atoms with Crippen LogP contribution in [0.1, 0.15) is 32.2 Å². The molecule has 5 heteroatoms. The molecule has 3 rings (SSSR count). The first kappa shape index (κ1) is 15.7. The van der Waals surface area contributed by atoms with Crippen LogP contribution in [0.3, 0.4) is 0 Å². The summed E-state index contributed by atoms with van der Waals surface area (Å²) in [4.78, 5) is 27.0. The second kappa shape index (κ2) is 6.91. The molecular weight excluding hydrogens is 306 g/mol. The van der Waals surface area contributed by atoms with Gasteiger partial charge in [-0.05, 0) is 31.2 Å². The summed E-state index contributed by atoms with van der Waals surface area (Å²) < 4.78 is 10.9. The molecule has 0 unspecified atom stereocenters. The highest BCUT2D eigenvalue weighted by Gasteiger charge is 2.14. The summed E-state index contributed by atoms with van der Waals surface area (Å²) in [7, 11) is 0. The van der Waals surface area contributed by atoms with Crippen molar-refractivity contribution >= 4 is 12.3 Å². The number of ether oxygens (including phenoxy) is 1. The van der Waals surface area contributed by atoms with E-state index in [1.807, 2.05) is 30.3 Å². The van der Waals surface area contributed by atoms with E-state index < -0.39 is 5.97 Å². The fourth-order valence-electron chi connectivity index (χ4n) is 2.18. The smallest absolute Gasteiger partial charge is 0.338 e. The van der Waals surface area contributed by atoms with E-state index in [4.69, 9.17) is 9.15 Å². The van der Waals surface area contributed by atoms with Crippen molar-refractivity contribution < 1.29 is 18.7 Å². The van der Waals surface area contributed by atoms with E-state index in [-0.39, 0.29) is 6.61 Å². The Morgan fingerprint density at radius 3 is 2.50 bits per heavy atom. The molecule has 0 amide bonds. The van der Waals surface area contributed by atoms with Gasteiger partial charge in [-0.2, -0.15) is 0 Å². The Labute approximate surface area is 138 Å². The maximum atomic E-state index is 12.0. The minimum absolute atomic E-state index is 0.0242. The van der Waals surface area contributed by atoms with E-state index in [9.17, 15) is 9.59 Å². The molecule has 120 valence electrons. The van der Waals surface area contributed by atoms with Crippen molar-refractivity contribution in [2.45, 2.75) is 13.5 Å². The van der Waals surface area contributed by atoms with Crippen molar-refractivity contribution in [2.24, 2.45) is 0 Å². The van der Waals surface area contributed by atoms with Crippen LogP contribution in [0.15, 0.2) is 59.0 Å². The van der Waals surface area contributed by atoms with Crippen LogP contribution >= 0.6 is 0 Å². The number of rotatable bonds is 5. The number of nitrogens with zero attached hydrogens (tertiary/aromatic N) is 1. The molecule has 0 spiro atoms. The average molecular weight is 321 g/mol. The zero-order chi connectivity index (χ0) is 16.9. The molecule has 0 bridgehead atoms. The minimum Gasteiger partial charge on any atom is -0.455 e. The van der Waals surface area contributed by atoms with Gasteiger partial charge in [0.2, 0.25) is 5.89 Å². The Kier molecular flexibility index (Phi) is 4.52. The van der Waals surface area contributed by atoms with Gasteiger partial charge >= 0.3 is 5.97 Å². The van der Waals surface area contributed by atoms with Crippen molar-refractivity contribution in [3.8, 4) is 11.5 Å². The van der Waals surface area contributed by atoms with Gasteiger partial charge in [-0.15, -0.1) is 0 Å². The van der Waals surface area contributed by atoms with Gasteiger partial charge in [0.15, 0.2) is 0 Å². The zero-order valence-electron chi connectivity index (χ0n) is 13.1.